The summed E-state index contributed by atoms with van der Waals surface area (Å²) >= 11 is 0. The first kappa shape index (κ1) is 30.7. The minimum absolute atomic E-state index is 0.00716. The molecule has 0 bridgehead atoms. The Kier molecular flexibility index (Phi) is 9.54. The molecule has 5 rings (SSSR count). The van der Waals surface area contributed by atoms with Gasteiger partial charge in [0.05, 0.1) is 30.3 Å². The van der Waals surface area contributed by atoms with Crippen LogP contribution in [0.2, 0.25) is 0 Å². The lowest BCUT2D eigenvalue weighted by Crippen LogP contribution is -2.40. The predicted octanol–water partition coefficient (Wildman–Crippen LogP) is 5.22. The van der Waals surface area contributed by atoms with E-state index in [0.29, 0.717) is 18.1 Å². The molecule has 0 aliphatic rings. The van der Waals surface area contributed by atoms with E-state index in [0.717, 1.165) is 28.3 Å². The van der Waals surface area contributed by atoms with Gasteiger partial charge in [0.1, 0.15) is 23.8 Å². The van der Waals surface area contributed by atoms with Gasteiger partial charge in [-0.1, -0.05) is 72.8 Å². The molecule has 228 valence electrons. The van der Waals surface area contributed by atoms with Crippen LogP contribution in [0, 0.1) is 0 Å². The van der Waals surface area contributed by atoms with Gasteiger partial charge >= 0.3 is 0 Å². The van der Waals surface area contributed by atoms with E-state index in [1.54, 1.807) is 18.0 Å². The molecule has 0 spiro atoms. The van der Waals surface area contributed by atoms with Crippen molar-refractivity contribution in [3.63, 3.8) is 0 Å². The minimum atomic E-state index is -3.35. The van der Waals surface area contributed by atoms with Gasteiger partial charge < -0.3 is 14.2 Å². The topological polar surface area (TPSA) is 112 Å². The van der Waals surface area contributed by atoms with Gasteiger partial charge in [-0.3, -0.25) is 4.79 Å². The van der Waals surface area contributed by atoms with Gasteiger partial charge in [-0.15, -0.1) is 5.10 Å². The summed E-state index contributed by atoms with van der Waals surface area (Å²) in [5, 5.41) is 8.40. The third-order valence-electron chi connectivity index (χ3n) is 7.38. The maximum atomic E-state index is 13.9. The molecule has 1 amide bonds. The zero-order chi connectivity index (χ0) is 31.1. The molecule has 44 heavy (non-hydrogen) atoms. The van der Waals surface area contributed by atoms with Crippen molar-refractivity contribution in [2.75, 3.05) is 24.7 Å². The SMILES string of the molecule is CCOc1ccc(-n2cc(-c3ccccc3)nc2[C@@H](C)N(CCS(=O)(=O)CC)C(=O)Cn2cc(-c3ccccc3)nn2)cc1. The minimum Gasteiger partial charge on any atom is -0.494 e. The lowest BCUT2D eigenvalue weighted by atomic mass is 10.2. The summed E-state index contributed by atoms with van der Waals surface area (Å²) in [5.74, 6) is 0.876. The highest BCUT2D eigenvalue weighted by Gasteiger charge is 2.28. The summed E-state index contributed by atoms with van der Waals surface area (Å²) in [4.78, 5) is 20.5. The summed E-state index contributed by atoms with van der Waals surface area (Å²) in [6.45, 7) is 5.87. The number of benzene rings is 3. The van der Waals surface area contributed by atoms with E-state index in [1.807, 2.05) is 110 Å². The molecule has 0 saturated carbocycles. The molecule has 5 aromatic rings. The molecular formula is C33H36N6O4S. The molecule has 0 fully saturated rings. The van der Waals surface area contributed by atoms with E-state index in [9.17, 15) is 13.2 Å². The monoisotopic (exact) mass is 612 g/mol. The average Bonchev–Trinajstić information content (AvgIpc) is 3.70. The van der Waals surface area contributed by atoms with E-state index >= 15 is 0 Å². The van der Waals surface area contributed by atoms with Gasteiger partial charge in [0.15, 0.2) is 9.84 Å². The number of hydrogen-bond acceptors (Lipinski definition) is 7. The third kappa shape index (κ3) is 7.23. The summed E-state index contributed by atoms with van der Waals surface area (Å²) in [7, 11) is -3.35. The van der Waals surface area contributed by atoms with Crippen molar-refractivity contribution in [3.05, 3.63) is 103 Å². The highest BCUT2D eigenvalue weighted by Crippen LogP contribution is 2.29. The first-order valence-corrected chi connectivity index (χ1v) is 16.4. The Hall–Kier alpha value is -4.77. The Balaban J connectivity index is 1.50. The van der Waals surface area contributed by atoms with Crippen molar-refractivity contribution in [1.82, 2.24) is 29.4 Å². The molecular weight excluding hydrogens is 576 g/mol. The Morgan fingerprint density at radius 2 is 1.52 bits per heavy atom. The molecule has 0 saturated heterocycles. The van der Waals surface area contributed by atoms with Crippen LogP contribution in [-0.2, 0) is 21.2 Å². The van der Waals surface area contributed by atoms with Crippen molar-refractivity contribution < 1.29 is 17.9 Å². The van der Waals surface area contributed by atoms with Crippen LogP contribution in [0.25, 0.3) is 28.2 Å². The Labute approximate surface area is 257 Å². The van der Waals surface area contributed by atoms with Crippen molar-refractivity contribution in [2.45, 2.75) is 33.4 Å². The number of carbonyl (C=O) groups excluding carboxylic acids is 1. The molecule has 2 aromatic heterocycles. The first-order valence-electron chi connectivity index (χ1n) is 14.6. The van der Waals surface area contributed by atoms with E-state index in [-0.39, 0.29) is 30.5 Å². The fraction of sp³-hybridized carbons (Fsp3) is 0.273. The molecule has 10 nitrogen and oxygen atoms in total. The number of nitrogens with zero attached hydrogens (tertiary/aromatic N) is 6. The fourth-order valence-corrected chi connectivity index (χ4v) is 5.68. The maximum absolute atomic E-state index is 13.9. The Morgan fingerprint density at radius 3 is 2.14 bits per heavy atom. The predicted molar refractivity (Wildman–Crippen MR) is 170 cm³/mol. The molecule has 3 aromatic carbocycles. The van der Waals surface area contributed by atoms with Crippen LogP contribution < -0.4 is 4.74 Å². The largest absolute Gasteiger partial charge is 0.494 e. The summed E-state index contributed by atoms with van der Waals surface area (Å²) in [6.07, 6.45) is 3.65. The quantitative estimate of drug-likeness (QED) is 0.179. The fourth-order valence-electron chi connectivity index (χ4n) is 4.92. The summed E-state index contributed by atoms with van der Waals surface area (Å²) in [5.41, 5.74) is 4.02. The van der Waals surface area contributed by atoms with Crippen LogP contribution in [0.15, 0.2) is 97.3 Å². The van der Waals surface area contributed by atoms with E-state index in [2.05, 4.69) is 10.3 Å². The molecule has 11 heteroatoms. The van der Waals surface area contributed by atoms with Crippen molar-refractivity contribution in [3.8, 4) is 34.0 Å². The summed E-state index contributed by atoms with van der Waals surface area (Å²) < 4.78 is 34.2. The van der Waals surface area contributed by atoms with Crippen molar-refractivity contribution in [2.24, 2.45) is 0 Å². The number of amides is 1. The Bertz CT molecular complexity index is 1790. The number of aromatic nitrogens is 5. The number of hydrogen-bond donors (Lipinski definition) is 0. The number of carbonyl (C=O) groups is 1. The molecule has 0 radical (unpaired) electrons. The lowest BCUT2D eigenvalue weighted by Gasteiger charge is -2.29. The van der Waals surface area contributed by atoms with Gasteiger partial charge in [0.25, 0.3) is 0 Å². The zero-order valence-corrected chi connectivity index (χ0v) is 25.9. The normalized spacial score (nSPS) is 12.2. The molecule has 0 aliphatic carbocycles. The second-order valence-corrected chi connectivity index (χ2v) is 12.8. The number of rotatable bonds is 13. The standard InChI is InChI=1S/C33H36N6O4S/c1-4-43-29-18-16-28(17-19-29)39-23-30(26-12-8-6-9-13-26)34-33(39)25(3)38(20-21-44(41,42)5-2)32(40)24-37-22-31(35-36-37)27-14-10-7-11-15-27/h6-19,22-23,25H,4-5,20-21,24H2,1-3H3/t25-/m1/s1. The Morgan fingerprint density at radius 1 is 0.886 bits per heavy atom. The second-order valence-electron chi connectivity index (χ2n) is 10.3. The smallest absolute Gasteiger partial charge is 0.245 e. The first-order chi connectivity index (χ1) is 21.3. The van der Waals surface area contributed by atoms with Crippen LogP contribution >= 0.6 is 0 Å². The third-order valence-corrected chi connectivity index (χ3v) is 9.06. The zero-order valence-electron chi connectivity index (χ0n) is 25.1. The van der Waals surface area contributed by atoms with Crippen molar-refractivity contribution in [1.29, 1.82) is 0 Å². The van der Waals surface area contributed by atoms with E-state index in [4.69, 9.17) is 9.72 Å². The average molecular weight is 613 g/mol. The highest BCUT2D eigenvalue weighted by atomic mass is 32.2. The van der Waals surface area contributed by atoms with Gasteiger partial charge in [-0.2, -0.15) is 0 Å². The van der Waals surface area contributed by atoms with Gasteiger partial charge in [0.2, 0.25) is 5.91 Å². The number of sulfone groups is 1. The number of imidazole rings is 1. The van der Waals surface area contributed by atoms with E-state index < -0.39 is 15.9 Å². The molecule has 2 heterocycles. The number of ether oxygens (including phenoxy) is 1. The van der Waals surface area contributed by atoms with Crippen LogP contribution in [-0.4, -0.2) is 68.4 Å². The molecule has 0 unspecified atom stereocenters. The maximum Gasteiger partial charge on any atom is 0.245 e. The van der Waals surface area contributed by atoms with Crippen LogP contribution in [0.1, 0.15) is 32.6 Å². The molecule has 1 atom stereocenters. The van der Waals surface area contributed by atoms with Crippen LogP contribution in [0.5, 0.6) is 5.75 Å². The van der Waals surface area contributed by atoms with Crippen LogP contribution in [0.4, 0.5) is 0 Å². The van der Waals surface area contributed by atoms with Gasteiger partial charge in [-0.05, 0) is 38.1 Å². The van der Waals surface area contributed by atoms with Crippen molar-refractivity contribution >= 4 is 15.7 Å². The molecule has 0 N–H and O–H groups in total. The van der Waals surface area contributed by atoms with Crippen LogP contribution in [0.3, 0.4) is 0 Å². The van der Waals surface area contributed by atoms with Gasteiger partial charge in [-0.25, -0.2) is 18.1 Å². The lowest BCUT2D eigenvalue weighted by molar-refractivity contribution is -0.134. The second kappa shape index (κ2) is 13.7. The highest BCUT2D eigenvalue weighted by molar-refractivity contribution is 7.91. The summed E-state index contributed by atoms with van der Waals surface area (Å²) in [6, 6.07) is 26.5. The molecule has 0 aliphatic heterocycles. The van der Waals surface area contributed by atoms with Gasteiger partial charge in [0, 0.05) is 35.3 Å². The van der Waals surface area contributed by atoms with E-state index in [1.165, 1.54) is 4.68 Å².